The fraction of sp³-hybridized carbons (Fsp3) is 0.647. The largest absolute Gasteiger partial charge is 0.371 e. The van der Waals surface area contributed by atoms with Crippen molar-refractivity contribution >= 4 is 17.3 Å². The van der Waals surface area contributed by atoms with E-state index in [4.69, 9.17) is 11.6 Å². The molecule has 0 spiro atoms. The third kappa shape index (κ3) is 3.89. The third-order valence-electron chi connectivity index (χ3n) is 4.25. The quantitative estimate of drug-likeness (QED) is 0.712. The second-order valence-electron chi connectivity index (χ2n) is 5.75. The summed E-state index contributed by atoms with van der Waals surface area (Å²) in [6.07, 6.45) is 5.34. The van der Waals surface area contributed by atoms with E-state index in [9.17, 15) is 0 Å². The van der Waals surface area contributed by atoms with Gasteiger partial charge in [-0.1, -0.05) is 31.0 Å². The first-order valence-electron chi connectivity index (χ1n) is 7.99. The van der Waals surface area contributed by atoms with Gasteiger partial charge in [0, 0.05) is 35.9 Å². The molecule has 0 amide bonds. The number of rotatable bonds is 8. The highest BCUT2D eigenvalue weighted by atomic mass is 35.5. The van der Waals surface area contributed by atoms with Gasteiger partial charge < -0.3 is 10.2 Å². The van der Waals surface area contributed by atoms with Crippen LogP contribution in [0.5, 0.6) is 0 Å². The zero-order valence-electron chi connectivity index (χ0n) is 12.8. The first-order chi connectivity index (χ1) is 9.76. The molecule has 1 saturated carbocycles. The summed E-state index contributed by atoms with van der Waals surface area (Å²) in [5.41, 5.74) is 2.57. The van der Waals surface area contributed by atoms with Gasteiger partial charge in [-0.3, -0.25) is 0 Å². The van der Waals surface area contributed by atoms with Crippen LogP contribution in [-0.4, -0.2) is 19.6 Å². The minimum Gasteiger partial charge on any atom is -0.371 e. The Morgan fingerprint density at radius 2 is 2.10 bits per heavy atom. The van der Waals surface area contributed by atoms with Crippen molar-refractivity contribution in [2.75, 3.05) is 24.5 Å². The lowest BCUT2D eigenvalue weighted by Gasteiger charge is -2.34. The Balaban J connectivity index is 2.12. The maximum absolute atomic E-state index is 6.43. The summed E-state index contributed by atoms with van der Waals surface area (Å²) in [4.78, 5) is 2.50. The molecule has 0 saturated heterocycles. The van der Waals surface area contributed by atoms with Crippen molar-refractivity contribution in [1.29, 1.82) is 0 Å². The van der Waals surface area contributed by atoms with Crippen LogP contribution in [0, 0.1) is 5.92 Å². The Kier molecular flexibility index (Phi) is 6.18. The maximum atomic E-state index is 6.43. The van der Waals surface area contributed by atoms with E-state index in [-0.39, 0.29) is 0 Å². The molecule has 0 unspecified atom stereocenters. The zero-order chi connectivity index (χ0) is 14.4. The van der Waals surface area contributed by atoms with E-state index in [1.165, 1.54) is 37.1 Å². The van der Waals surface area contributed by atoms with Gasteiger partial charge in [0.05, 0.1) is 0 Å². The molecule has 1 aromatic carbocycles. The molecule has 0 radical (unpaired) electrons. The van der Waals surface area contributed by atoms with Gasteiger partial charge in [0.2, 0.25) is 0 Å². The summed E-state index contributed by atoms with van der Waals surface area (Å²) in [7, 11) is 0. The molecular weight excluding hydrogens is 268 g/mol. The Labute approximate surface area is 128 Å². The normalized spacial score (nSPS) is 15.2. The van der Waals surface area contributed by atoms with Crippen LogP contribution in [0.25, 0.3) is 0 Å². The summed E-state index contributed by atoms with van der Waals surface area (Å²) in [6, 6.07) is 6.30. The van der Waals surface area contributed by atoms with Crippen LogP contribution in [0.3, 0.4) is 0 Å². The van der Waals surface area contributed by atoms with Crippen LogP contribution in [-0.2, 0) is 6.54 Å². The van der Waals surface area contributed by atoms with Crippen molar-refractivity contribution in [1.82, 2.24) is 5.32 Å². The number of benzene rings is 1. The molecule has 20 heavy (non-hydrogen) atoms. The molecule has 0 bridgehead atoms. The topological polar surface area (TPSA) is 15.3 Å². The van der Waals surface area contributed by atoms with Crippen LogP contribution in [0.15, 0.2) is 18.2 Å². The first kappa shape index (κ1) is 15.7. The van der Waals surface area contributed by atoms with E-state index in [0.29, 0.717) is 0 Å². The second kappa shape index (κ2) is 7.90. The monoisotopic (exact) mass is 294 g/mol. The lowest BCUT2D eigenvalue weighted by atomic mass is 9.85. The predicted octanol–water partition coefficient (Wildman–Crippen LogP) is 4.47. The van der Waals surface area contributed by atoms with Crippen molar-refractivity contribution in [3.8, 4) is 0 Å². The van der Waals surface area contributed by atoms with Crippen molar-refractivity contribution in [3.63, 3.8) is 0 Å². The summed E-state index contributed by atoms with van der Waals surface area (Å²) in [5.74, 6) is 0.880. The Morgan fingerprint density at radius 3 is 2.70 bits per heavy atom. The minimum absolute atomic E-state index is 0.865. The number of nitrogens with one attached hydrogen (secondary N) is 1. The Bertz CT molecular complexity index is 415. The van der Waals surface area contributed by atoms with E-state index in [1.807, 2.05) is 6.07 Å². The number of halogens is 1. The van der Waals surface area contributed by atoms with Crippen molar-refractivity contribution < 1.29 is 0 Å². The predicted molar refractivity (Wildman–Crippen MR) is 88.7 cm³/mol. The van der Waals surface area contributed by atoms with Gasteiger partial charge in [0.15, 0.2) is 0 Å². The van der Waals surface area contributed by atoms with E-state index in [0.717, 1.165) is 37.0 Å². The lowest BCUT2D eigenvalue weighted by molar-refractivity contribution is 0.318. The molecule has 1 N–H and O–H groups in total. The van der Waals surface area contributed by atoms with E-state index >= 15 is 0 Å². The molecule has 1 aliphatic rings. The number of anilines is 1. The standard InChI is InChI=1S/C17H27ClN2/c1-3-11-19-12-15-16(18)9-6-10-17(15)20(4-2)13-14-7-5-8-14/h6,9-10,14,19H,3-5,7-8,11-13H2,1-2H3. The summed E-state index contributed by atoms with van der Waals surface area (Å²) in [6.45, 7) is 8.57. The highest BCUT2D eigenvalue weighted by molar-refractivity contribution is 6.31. The van der Waals surface area contributed by atoms with Gasteiger partial charge in [-0.25, -0.2) is 0 Å². The fourth-order valence-electron chi connectivity index (χ4n) is 2.79. The fourth-order valence-corrected chi connectivity index (χ4v) is 3.03. The molecule has 0 aromatic heterocycles. The second-order valence-corrected chi connectivity index (χ2v) is 6.16. The first-order valence-corrected chi connectivity index (χ1v) is 8.37. The van der Waals surface area contributed by atoms with Crippen LogP contribution in [0.4, 0.5) is 5.69 Å². The average Bonchev–Trinajstić information content (AvgIpc) is 2.40. The van der Waals surface area contributed by atoms with Gasteiger partial charge in [-0.05, 0) is 50.8 Å². The van der Waals surface area contributed by atoms with Gasteiger partial charge in [0.25, 0.3) is 0 Å². The molecule has 0 heterocycles. The van der Waals surface area contributed by atoms with Crippen LogP contribution < -0.4 is 10.2 Å². The van der Waals surface area contributed by atoms with E-state index < -0.39 is 0 Å². The molecule has 0 atom stereocenters. The minimum atomic E-state index is 0.865. The molecule has 3 heteroatoms. The van der Waals surface area contributed by atoms with Crippen LogP contribution in [0.2, 0.25) is 5.02 Å². The van der Waals surface area contributed by atoms with Crippen molar-refractivity contribution in [2.45, 2.75) is 46.1 Å². The SMILES string of the molecule is CCCNCc1c(Cl)cccc1N(CC)CC1CCC1. The molecule has 112 valence electrons. The molecule has 0 aliphatic heterocycles. The average molecular weight is 295 g/mol. The molecule has 2 rings (SSSR count). The van der Waals surface area contributed by atoms with E-state index in [1.54, 1.807) is 0 Å². The van der Waals surface area contributed by atoms with Gasteiger partial charge in [-0.15, -0.1) is 0 Å². The van der Waals surface area contributed by atoms with Crippen molar-refractivity contribution in [3.05, 3.63) is 28.8 Å². The summed E-state index contributed by atoms with van der Waals surface area (Å²) >= 11 is 6.43. The number of nitrogens with zero attached hydrogens (tertiary/aromatic N) is 1. The third-order valence-corrected chi connectivity index (χ3v) is 4.60. The highest BCUT2D eigenvalue weighted by Gasteiger charge is 2.21. The van der Waals surface area contributed by atoms with Gasteiger partial charge in [-0.2, -0.15) is 0 Å². The highest BCUT2D eigenvalue weighted by Crippen LogP contribution is 2.32. The van der Waals surface area contributed by atoms with Gasteiger partial charge in [0.1, 0.15) is 0 Å². The summed E-state index contributed by atoms with van der Waals surface area (Å²) in [5, 5.41) is 4.37. The smallest absolute Gasteiger partial charge is 0.0471 e. The lowest BCUT2D eigenvalue weighted by Crippen LogP contribution is -2.33. The van der Waals surface area contributed by atoms with E-state index in [2.05, 4.69) is 36.2 Å². The van der Waals surface area contributed by atoms with Gasteiger partial charge >= 0.3 is 0 Å². The number of hydrogen-bond acceptors (Lipinski definition) is 2. The van der Waals surface area contributed by atoms with Crippen molar-refractivity contribution in [2.24, 2.45) is 5.92 Å². The number of hydrogen-bond donors (Lipinski definition) is 1. The molecular formula is C17H27ClN2. The summed E-state index contributed by atoms with van der Waals surface area (Å²) < 4.78 is 0. The molecule has 1 aliphatic carbocycles. The van der Waals surface area contributed by atoms with Crippen LogP contribution in [0.1, 0.15) is 45.1 Å². The maximum Gasteiger partial charge on any atom is 0.0471 e. The molecule has 1 fully saturated rings. The van der Waals surface area contributed by atoms with Crippen LogP contribution >= 0.6 is 11.6 Å². The Hall–Kier alpha value is -0.730. The molecule has 1 aromatic rings. The Morgan fingerprint density at radius 1 is 1.30 bits per heavy atom. The molecule has 2 nitrogen and oxygen atoms in total. The zero-order valence-corrected chi connectivity index (χ0v) is 13.5.